The highest BCUT2D eigenvalue weighted by Crippen LogP contribution is 2.39. The van der Waals surface area contributed by atoms with E-state index in [0.29, 0.717) is 12.0 Å². The fraction of sp³-hybridized carbons (Fsp3) is 0.438. The highest BCUT2D eigenvalue weighted by Gasteiger charge is 2.35. The molecule has 3 atom stereocenters. The van der Waals surface area contributed by atoms with Gasteiger partial charge >= 0.3 is 5.97 Å². The summed E-state index contributed by atoms with van der Waals surface area (Å²) in [6.07, 6.45) is 5.32. The molecule has 0 aromatic heterocycles. The molecule has 7 heteroatoms. The van der Waals surface area contributed by atoms with Crippen molar-refractivity contribution in [1.82, 2.24) is 0 Å². The number of carbonyl (C=O) groups excluding carboxylic acids is 1. The summed E-state index contributed by atoms with van der Waals surface area (Å²) < 4.78 is 16.9. The maximum Gasteiger partial charge on any atom is 0.338 e. The van der Waals surface area contributed by atoms with Crippen LogP contribution in [-0.2, 0) is 15.5 Å². The Kier molecular flexibility index (Phi) is 4.30. The maximum absolute atomic E-state index is 12.3. The van der Waals surface area contributed by atoms with E-state index >= 15 is 0 Å². The van der Waals surface area contributed by atoms with Gasteiger partial charge in [-0.25, -0.2) is 4.79 Å². The third-order valence-electron chi connectivity index (χ3n) is 4.44. The van der Waals surface area contributed by atoms with Crippen LogP contribution < -0.4 is 0 Å². The molecule has 0 saturated carbocycles. The number of methoxy groups -OCH3 is 1. The average Bonchev–Trinajstić information content (AvgIpc) is 2.53. The Morgan fingerprint density at radius 2 is 2.17 bits per heavy atom. The summed E-state index contributed by atoms with van der Waals surface area (Å²) in [6, 6.07) is 4.39. The summed E-state index contributed by atoms with van der Waals surface area (Å²) in [7, 11) is 0.357. The number of rotatable bonds is 3. The summed E-state index contributed by atoms with van der Waals surface area (Å²) in [4.78, 5) is 22.5. The molecule has 2 heterocycles. The zero-order valence-electron chi connectivity index (χ0n) is 12.7. The molecule has 0 N–H and O–H groups in total. The second-order valence-corrected chi connectivity index (χ2v) is 7.73. The second-order valence-electron chi connectivity index (χ2n) is 5.80. The lowest BCUT2D eigenvalue weighted by molar-refractivity contribution is -0.385. The van der Waals surface area contributed by atoms with Gasteiger partial charge in [0.05, 0.1) is 28.4 Å². The molecule has 122 valence electrons. The van der Waals surface area contributed by atoms with Crippen molar-refractivity contribution >= 4 is 28.0 Å². The van der Waals surface area contributed by atoms with Gasteiger partial charge in [-0.2, -0.15) is 0 Å². The van der Waals surface area contributed by atoms with Crippen LogP contribution in [0.1, 0.15) is 41.6 Å². The van der Waals surface area contributed by atoms with E-state index in [1.165, 1.54) is 19.2 Å². The monoisotopic (exact) mass is 335 g/mol. The Morgan fingerprint density at radius 3 is 2.83 bits per heavy atom. The van der Waals surface area contributed by atoms with Crippen molar-refractivity contribution in [3.8, 4) is 0 Å². The summed E-state index contributed by atoms with van der Waals surface area (Å²) >= 11 is 0. The van der Waals surface area contributed by atoms with E-state index in [-0.39, 0.29) is 21.8 Å². The Labute approximate surface area is 136 Å². The van der Waals surface area contributed by atoms with Crippen molar-refractivity contribution < 1.29 is 18.7 Å². The van der Waals surface area contributed by atoms with E-state index < -0.39 is 21.7 Å². The number of esters is 1. The van der Waals surface area contributed by atoms with Gasteiger partial charge in [0, 0.05) is 22.1 Å². The summed E-state index contributed by atoms with van der Waals surface area (Å²) in [5.74, 6) is -0.602. The highest BCUT2D eigenvalue weighted by molar-refractivity contribution is 7.86. The van der Waals surface area contributed by atoms with Crippen LogP contribution in [0.3, 0.4) is 0 Å². The van der Waals surface area contributed by atoms with E-state index in [9.17, 15) is 19.1 Å². The molecule has 1 aromatic carbocycles. The third kappa shape index (κ3) is 2.93. The van der Waals surface area contributed by atoms with E-state index in [0.717, 1.165) is 24.8 Å². The lowest BCUT2D eigenvalue weighted by Crippen LogP contribution is -2.33. The molecule has 1 fully saturated rings. The van der Waals surface area contributed by atoms with Crippen molar-refractivity contribution in [3.63, 3.8) is 0 Å². The van der Waals surface area contributed by atoms with E-state index in [1.54, 1.807) is 6.07 Å². The molecule has 2 bridgehead atoms. The minimum atomic E-state index is -0.881. The van der Waals surface area contributed by atoms with E-state index in [2.05, 4.69) is 4.74 Å². The molecule has 2 aliphatic heterocycles. The Bertz CT molecular complexity index is 727. The minimum absolute atomic E-state index is 0.0163. The minimum Gasteiger partial charge on any atom is -0.465 e. The molecule has 0 spiro atoms. The summed E-state index contributed by atoms with van der Waals surface area (Å²) in [5.41, 5.74) is 1.42. The topological polar surface area (TPSA) is 86.5 Å². The third-order valence-corrected chi connectivity index (χ3v) is 6.47. The van der Waals surface area contributed by atoms with Gasteiger partial charge in [-0.1, -0.05) is 12.5 Å². The zero-order chi connectivity index (χ0) is 16.6. The van der Waals surface area contributed by atoms with Crippen molar-refractivity contribution in [1.29, 1.82) is 0 Å². The Morgan fingerprint density at radius 1 is 1.39 bits per heavy atom. The number of ether oxygens (including phenoxy) is 1. The number of hydrogen-bond acceptors (Lipinski definition) is 5. The number of allylic oxidation sites excluding steroid dienone is 1. The molecule has 6 nitrogen and oxygen atoms in total. The van der Waals surface area contributed by atoms with Gasteiger partial charge in [-0.15, -0.1) is 0 Å². The first kappa shape index (κ1) is 15.9. The Hall–Kier alpha value is -2.02. The van der Waals surface area contributed by atoms with Crippen LogP contribution in [0, 0.1) is 10.1 Å². The summed E-state index contributed by atoms with van der Waals surface area (Å²) in [6.45, 7) is 0. The van der Waals surface area contributed by atoms with Crippen molar-refractivity contribution in [2.45, 2.75) is 36.2 Å². The largest absolute Gasteiger partial charge is 0.465 e. The molecule has 1 saturated heterocycles. The number of fused-ring (bicyclic) bond motifs is 2. The molecule has 23 heavy (non-hydrogen) atoms. The SMILES string of the molecule is COC(=O)c1ccc(C2=CC3CCCC(C2)S3=O)c([N+](=O)[O-])c1. The number of benzene rings is 1. The van der Waals surface area contributed by atoms with Gasteiger partial charge in [-0.3, -0.25) is 14.3 Å². The molecule has 0 aliphatic carbocycles. The number of nitrogens with zero attached hydrogens (tertiary/aromatic N) is 1. The molecule has 3 rings (SSSR count). The van der Waals surface area contributed by atoms with Gasteiger partial charge in [0.1, 0.15) is 0 Å². The van der Waals surface area contributed by atoms with E-state index in [4.69, 9.17) is 0 Å². The van der Waals surface area contributed by atoms with Crippen LogP contribution in [0.15, 0.2) is 24.3 Å². The fourth-order valence-electron chi connectivity index (χ4n) is 3.30. The van der Waals surface area contributed by atoms with Crippen LogP contribution >= 0.6 is 0 Å². The normalized spacial score (nSPS) is 26.3. The predicted molar refractivity (Wildman–Crippen MR) is 86.6 cm³/mol. The molecular weight excluding hydrogens is 318 g/mol. The first-order chi connectivity index (χ1) is 11.0. The molecule has 1 aromatic rings. The van der Waals surface area contributed by atoms with E-state index in [1.807, 2.05) is 6.08 Å². The molecule has 3 unspecified atom stereocenters. The predicted octanol–water partition coefficient (Wildman–Crippen LogP) is 2.84. The van der Waals surface area contributed by atoms with Crippen molar-refractivity contribution in [3.05, 3.63) is 45.5 Å². The summed E-state index contributed by atoms with van der Waals surface area (Å²) in [5, 5.41) is 11.5. The van der Waals surface area contributed by atoms with Gasteiger partial charge in [-0.05, 0) is 37.0 Å². The molecular formula is C16H17NO5S. The fourth-order valence-corrected chi connectivity index (χ4v) is 5.23. The van der Waals surface area contributed by atoms with Gasteiger partial charge in [0.2, 0.25) is 0 Å². The lowest BCUT2D eigenvalue weighted by Gasteiger charge is -2.32. The maximum atomic E-state index is 12.3. The molecule has 2 aliphatic rings. The number of nitro benzene ring substituents is 1. The van der Waals surface area contributed by atoms with Gasteiger partial charge in [0.15, 0.2) is 0 Å². The number of carbonyl (C=O) groups is 1. The van der Waals surface area contributed by atoms with Crippen LogP contribution in [0.4, 0.5) is 5.69 Å². The van der Waals surface area contributed by atoms with Crippen LogP contribution in [0.2, 0.25) is 0 Å². The van der Waals surface area contributed by atoms with Crippen molar-refractivity contribution in [2.24, 2.45) is 0 Å². The van der Waals surface area contributed by atoms with Crippen molar-refractivity contribution in [2.75, 3.05) is 7.11 Å². The van der Waals surface area contributed by atoms with Gasteiger partial charge < -0.3 is 4.74 Å². The molecule has 0 amide bonds. The second kappa shape index (κ2) is 6.23. The van der Waals surface area contributed by atoms with Crippen LogP contribution in [-0.4, -0.2) is 32.7 Å². The van der Waals surface area contributed by atoms with Crippen LogP contribution in [0.25, 0.3) is 5.57 Å². The lowest BCUT2D eigenvalue weighted by atomic mass is 9.92. The smallest absolute Gasteiger partial charge is 0.338 e. The molecule has 0 radical (unpaired) electrons. The number of hydrogen-bond donors (Lipinski definition) is 0. The quantitative estimate of drug-likeness (QED) is 0.481. The Balaban J connectivity index is 2.04. The average molecular weight is 335 g/mol. The first-order valence-electron chi connectivity index (χ1n) is 7.48. The van der Waals surface area contributed by atoms with Gasteiger partial charge in [0.25, 0.3) is 5.69 Å². The standard InChI is InChI=1S/C16H17NO5S/c1-22-16(18)10-5-6-14(15(9-10)17(19)20)11-7-12-3-2-4-13(8-11)23(12)21/h5-7,9,12-13H,2-4,8H2,1H3. The van der Waals surface area contributed by atoms with Crippen LogP contribution in [0.5, 0.6) is 0 Å². The first-order valence-corrected chi connectivity index (χ1v) is 8.76. The highest BCUT2D eigenvalue weighted by atomic mass is 32.2. The zero-order valence-corrected chi connectivity index (χ0v) is 13.5. The number of nitro groups is 1.